The molecule has 1 fully saturated rings. The molecule has 1 amide bonds. The number of amides is 1. The van der Waals surface area contributed by atoms with Gasteiger partial charge in [0.1, 0.15) is 17.5 Å². The van der Waals surface area contributed by atoms with Gasteiger partial charge in [0.25, 0.3) is 5.56 Å². The summed E-state index contributed by atoms with van der Waals surface area (Å²) in [6.45, 7) is 1.28. The molecule has 1 atom stereocenters. The van der Waals surface area contributed by atoms with Gasteiger partial charge in [-0.15, -0.1) is 0 Å². The molecule has 31 heavy (non-hydrogen) atoms. The van der Waals surface area contributed by atoms with Gasteiger partial charge in [0.2, 0.25) is 5.91 Å². The van der Waals surface area contributed by atoms with Gasteiger partial charge in [-0.1, -0.05) is 12.1 Å². The van der Waals surface area contributed by atoms with Crippen LogP contribution in [0.15, 0.2) is 47.3 Å². The Balaban J connectivity index is 1.51. The van der Waals surface area contributed by atoms with Crippen LogP contribution in [-0.2, 0) is 16.1 Å². The average Bonchev–Trinajstić information content (AvgIpc) is 3.20. The predicted molar refractivity (Wildman–Crippen MR) is 112 cm³/mol. The minimum Gasteiger partial charge on any atom is -0.377 e. The van der Waals surface area contributed by atoms with Crippen molar-refractivity contribution < 1.29 is 18.3 Å². The molecule has 1 aliphatic rings. The van der Waals surface area contributed by atoms with Crippen LogP contribution in [0.4, 0.5) is 14.5 Å². The molecule has 1 unspecified atom stereocenters. The highest BCUT2D eigenvalue weighted by atomic mass is 19.1. The van der Waals surface area contributed by atoms with Gasteiger partial charge in [-0.05, 0) is 37.1 Å². The fourth-order valence-electron chi connectivity index (χ4n) is 3.71. The van der Waals surface area contributed by atoms with Gasteiger partial charge >= 0.3 is 0 Å². The second-order valence-corrected chi connectivity index (χ2v) is 7.54. The number of carbonyl (C=O) groups excluding carboxylic acids is 1. The molecule has 1 saturated heterocycles. The molecule has 2 heterocycles. The smallest absolute Gasteiger partial charge is 0.258 e. The number of rotatable bonds is 7. The van der Waals surface area contributed by atoms with Gasteiger partial charge in [-0.2, -0.15) is 0 Å². The molecular formula is C22H22F2N4O3. The van der Waals surface area contributed by atoms with Crippen LogP contribution in [0.3, 0.4) is 0 Å². The Morgan fingerprint density at radius 2 is 2.00 bits per heavy atom. The van der Waals surface area contributed by atoms with E-state index in [0.717, 1.165) is 31.0 Å². The summed E-state index contributed by atoms with van der Waals surface area (Å²) >= 11 is 0. The highest BCUT2D eigenvalue weighted by Gasteiger charge is 2.22. The number of benzene rings is 2. The molecule has 1 aliphatic heterocycles. The number of hydrogen-bond donors (Lipinski definition) is 2. The fraction of sp³-hybridized carbons (Fsp3) is 0.318. The number of carbonyl (C=O) groups is 1. The average molecular weight is 428 g/mol. The third kappa shape index (κ3) is 5.50. The minimum absolute atomic E-state index is 0.0356. The molecule has 4 rings (SSSR count). The topological polar surface area (TPSA) is 87.3 Å². The van der Waals surface area contributed by atoms with Gasteiger partial charge in [-0.3, -0.25) is 14.5 Å². The third-order valence-electron chi connectivity index (χ3n) is 5.03. The summed E-state index contributed by atoms with van der Waals surface area (Å²) < 4.78 is 32.5. The van der Waals surface area contributed by atoms with E-state index in [4.69, 9.17) is 4.74 Å². The first-order valence-corrected chi connectivity index (χ1v) is 10.0. The number of aromatic amines is 1. The molecule has 0 radical (unpaired) electrons. The van der Waals surface area contributed by atoms with Crippen molar-refractivity contribution in [3.05, 3.63) is 70.3 Å². The minimum atomic E-state index is -0.774. The summed E-state index contributed by atoms with van der Waals surface area (Å²) in [5.74, 6) is -1.56. The Hall–Kier alpha value is -3.17. The monoisotopic (exact) mass is 428 g/mol. The van der Waals surface area contributed by atoms with Crippen LogP contribution < -0.4 is 10.9 Å². The normalized spacial score (nSPS) is 16.2. The Morgan fingerprint density at radius 3 is 2.74 bits per heavy atom. The molecule has 0 saturated carbocycles. The van der Waals surface area contributed by atoms with Gasteiger partial charge in [0.15, 0.2) is 0 Å². The summed E-state index contributed by atoms with van der Waals surface area (Å²) in [6, 6.07) is 9.85. The van der Waals surface area contributed by atoms with Crippen molar-refractivity contribution in [2.45, 2.75) is 25.5 Å². The van der Waals surface area contributed by atoms with E-state index < -0.39 is 17.5 Å². The van der Waals surface area contributed by atoms with Gasteiger partial charge < -0.3 is 15.0 Å². The standard InChI is InChI=1S/C22H22F2N4O3/c23-14-8-15(24)10-16(9-14)25-21(29)13-28(11-17-4-3-7-31-17)12-20-26-19-6-2-1-5-18(19)22(30)27-20/h1-2,5-6,8-10,17H,3-4,7,11-13H2,(H,25,29)(H,26,27,30). The van der Waals surface area contributed by atoms with Crippen LogP contribution >= 0.6 is 0 Å². The molecule has 162 valence electrons. The van der Waals surface area contributed by atoms with Crippen molar-refractivity contribution in [3.8, 4) is 0 Å². The number of anilines is 1. The fourth-order valence-corrected chi connectivity index (χ4v) is 3.71. The highest BCUT2D eigenvalue weighted by molar-refractivity contribution is 5.92. The first kappa shape index (κ1) is 21.1. The molecular weight excluding hydrogens is 406 g/mol. The van der Waals surface area contributed by atoms with E-state index in [1.54, 1.807) is 29.2 Å². The third-order valence-corrected chi connectivity index (χ3v) is 5.03. The molecule has 0 spiro atoms. The molecule has 9 heteroatoms. The maximum Gasteiger partial charge on any atom is 0.258 e. The quantitative estimate of drug-likeness (QED) is 0.604. The van der Waals surface area contributed by atoms with Gasteiger partial charge in [0, 0.05) is 24.9 Å². The van der Waals surface area contributed by atoms with E-state index >= 15 is 0 Å². The van der Waals surface area contributed by atoms with E-state index in [2.05, 4.69) is 15.3 Å². The lowest BCUT2D eigenvalue weighted by atomic mass is 10.2. The molecule has 2 aromatic carbocycles. The second-order valence-electron chi connectivity index (χ2n) is 7.54. The number of fused-ring (bicyclic) bond motifs is 1. The van der Waals surface area contributed by atoms with E-state index in [1.165, 1.54) is 0 Å². The Labute approximate surface area is 177 Å². The van der Waals surface area contributed by atoms with Crippen LogP contribution in [-0.4, -0.2) is 46.6 Å². The van der Waals surface area contributed by atoms with Gasteiger partial charge in [-0.25, -0.2) is 13.8 Å². The summed E-state index contributed by atoms with van der Waals surface area (Å²) in [5, 5.41) is 3.00. The number of H-pyrrole nitrogens is 1. The maximum absolute atomic E-state index is 13.4. The van der Waals surface area contributed by atoms with E-state index in [0.29, 0.717) is 29.9 Å². The van der Waals surface area contributed by atoms with Crippen LogP contribution in [0.5, 0.6) is 0 Å². The Kier molecular flexibility index (Phi) is 6.34. The first-order chi connectivity index (χ1) is 15.0. The highest BCUT2D eigenvalue weighted by Crippen LogP contribution is 2.16. The SMILES string of the molecule is O=C(CN(Cc1nc2ccccc2c(=O)[nH]1)CC1CCCO1)Nc1cc(F)cc(F)c1. The van der Waals surface area contributed by atoms with E-state index in [1.807, 2.05) is 0 Å². The zero-order chi connectivity index (χ0) is 21.8. The van der Waals surface area contributed by atoms with Crippen LogP contribution in [0.25, 0.3) is 10.9 Å². The van der Waals surface area contributed by atoms with Crippen molar-refractivity contribution in [2.24, 2.45) is 0 Å². The number of para-hydroxylation sites is 1. The largest absolute Gasteiger partial charge is 0.377 e. The second kappa shape index (κ2) is 9.32. The van der Waals surface area contributed by atoms with Crippen molar-refractivity contribution in [2.75, 3.05) is 25.0 Å². The number of aromatic nitrogens is 2. The lowest BCUT2D eigenvalue weighted by Crippen LogP contribution is -2.38. The molecule has 0 bridgehead atoms. The van der Waals surface area contributed by atoms with E-state index in [-0.39, 0.29) is 30.4 Å². The first-order valence-electron chi connectivity index (χ1n) is 10.0. The summed E-state index contributed by atoms with van der Waals surface area (Å²) in [7, 11) is 0. The summed E-state index contributed by atoms with van der Waals surface area (Å²) in [4.78, 5) is 34.0. The zero-order valence-electron chi connectivity index (χ0n) is 16.7. The van der Waals surface area contributed by atoms with Crippen molar-refractivity contribution >= 4 is 22.5 Å². The molecule has 0 aliphatic carbocycles. The Bertz CT molecular complexity index is 1120. The lowest BCUT2D eigenvalue weighted by molar-refractivity contribution is -0.117. The molecule has 3 aromatic rings. The number of halogens is 2. The summed E-state index contributed by atoms with van der Waals surface area (Å²) in [6.07, 6.45) is 1.78. The Morgan fingerprint density at radius 1 is 1.23 bits per heavy atom. The molecule has 1 aromatic heterocycles. The number of nitrogens with one attached hydrogen (secondary N) is 2. The zero-order valence-corrected chi connectivity index (χ0v) is 16.7. The molecule has 7 nitrogen and oxygen atoms in total. The molecule has 2 N–H and O–H groups in total. The van der Waals surface area contributed by atoms with Crippen molar-refractivity contribution in [3.63, 3.8) is 0 Å². The van der Waals surface area contributed by atoms with Crippen LogP contribution in [0.2, 0.25) is 0 Å². The van der Waals surface area contributed by atoms with Crippen molar-refractivity contribution in [1.82, 2.24) is 14.9 Å². The number of ether oxygens (including phenoxy) is 1. The van der Waals surface area contributed by atoms with Crippen LogP contribution in [0, 0.1) is 11.6 Å². The van der Waals surface area contributed by atoms with Crippen molar-refractivity contribution in [1.29, 1.82) is 0 Å². The number of hydrogen-bond acceptors (Lipinski definition) is 5. The van der Waals surface area contributed by atoms with Crippen LogP contribution in [0.1, 0.15) is 18.7 Å². The predicted octanol–water partition coefficient (Wildman–Crippen LogP) is 2.82. The van der Waals surface area contributed by atoms with Gasteiger partial charge in [0.05, 0.1) is 30.1 Å². The lowest BCUT2D eigenvalue weighted by Gasteiger charge is -2.24. The summed E-state index contributed by atoms with van der Waals surface area (Å²) in [5.41, 5.74) is 0.354. The van der Waals surface area contributed by atoms with E-state index in [9.17, 15) is 18.4 Å². The maximum atomic E-state index is 13.4. The number of nitrogens with zero attached hydrogens (tertiary/aromatic N) is 2.